The Labute approximate surface area is 154 Å². The quantitative estimate of drug-likeness (QED) is 0.843. The van der Waals surface area contributed by atoms with Crippen LogP contribution in [0, 0.1) is 12.3 Å². The van der Waals surface area contributed by atoms with Gasteiger partial charge < -0.3 is 14.4 Å². The number of likely N-dealkylation sites (tertiary alicyclic amines) is 1. The van der Waals surface area contributed by atoms with Crippen LogP contribution < -0.4 is 0 Å². The molecule has 2 atom stereocenters. The van der Waals surface area contributed by atoms with Gasteiger partial charge in [-0.05, 0) is 39.0 Å². The lowest BCUT2D eigenvalue weighted by atomic mass is 9.65. The van der Waals surface area contributed by atoms with Gasteiger partial charge in [-0.1, -0.05) is 18.6 Å². The molecule has 26 heavy (non-hydrogen) atoms. The van der Waals surface area contributed by atoms with Crippen molar-refractivity contribution in [3.63, 3.8) is 0 Å². The van der Waals surface area contributed by atoms with E-state index in [4.69, 9.17) is 9.47 Å². The molecule has 1 aromatic rings. The first-order chi connectivity index (χ1) is 12.7. The summed E-state index contributed by atoms with van der Waals surface area (Å²) in [5, 5.41) is 7.39. The summed E-state index contributed by atoms with van der Waals surface area (Å²) in [6, 6.07) is 0.197. The average molecular weight is 359 g/mol. The highest BCUT2D eigenvalue weighted by atomic mass is 16.5. The molecule has 0 aliphatic carbocycles. The van der Waals surface area contributed by atoms with Gasteiger partial charge in [0.25, 0.3) is 5.91 Å². The van der Waals surface area contributed by atoms with Gasteiger partial charge >= 0.3 is 0 Å². The summed E-state index contributed by atoms with van der Waals surface area (Å²) in [7, 11) is 0. The van der Waals surface area contributed by atoms with Crippen LogP contribution in [0.1, 0.15) is 54.4 Å². The first-order valence-corrected chi connectivity index (χ1v) is 9.87. The third kappa shape index (κ3) is 2.79. The Bertz CT molecular complexity index is 707. The van der Waals surface area contributed by atoms with Crippen molar-refractivity contribution in [2.75, 3.05) is 33.0 Å². The number of aromatic amines is 1. The number of aromatic nitrogens is 2. The Morgan fingerprint density at radius 1 is 1.42 bits per heavy atom. The molecule has 0 saturated carbocycles. The topological polar surface area (TPSA) is 67.5 Å². The molecule has 4 heterocycles. The van der Waals surface area contributed by atoms with E-state index in [0.717, 1.165) is 63.1 Å². The van der Waals surface area contributed by atoms with Crippen LogP contribution in [-0.2, 0) is 15.9 Å². The first kappa shape index (κ1) is 17.7. The van der Waals surface area contributed by atoms with Crippen LogP contribution >= 0.6 is 0 Å². The van der Waals surface area contributed by atoms with Gasteiger partial charge in [0, 0.05) is 35.9 Å². The lowest BCUT2D eigenvalue weighted by Crippen LogP contribution is -2.59. The molecule has 0 bridgehead atoms. The number of fused-ring (bicyclic) bond motifs is 1. The SMILES string of the molecule is CCc1[nH]nc(C(=O)N2CCC[C@@]3(C4=CCOCC4)COCC[C@H]23)c1C. The predicted octanol–water partition coefficient (Wildman–Crippen LogP) is 2.64. The molecule has 2 fully saturated rings. The van der Waals surface area contributed by atoms with Gasteiger partial charge in [0.1, 0.15) is 0 Å². The van der Waals surface area contributed by atoms with Crippen LogP contribution in [0.25, 0.3) is 0 Å². The molecule has 0 spiro atoms. The molecule has 4 rings (SSSR count). The van der Waals surface area contributed by atoms with Gasteiger partial charge in [-0.25, -0.2) is 0 Å². The van der Waals surface area contributed by atoms with E-state index in [1.807, 2.05) is 6.92 Å². The van der Waals surface area contributed by atoms with Gasteiger partial charge in [0.05, 0.1) is 19.8 Å². The molecule has 0 radical (unpaired) electrons. The highest BCUT2D eigenvalue weighted by Crippen LogP contribution is 2.48. The number of H-pyrrole nitrogens is 1. The molecule has 3 aliphatic rings. The third-order valence-corrected chi connectivity index (χ3v) is 6.46. The molecular weight excluding hydrogens is 330 g/mol. The summed E-state index contributed by atoms with van der Waals surface area (Å²) in [4.78, 5) is 15.5. The molecular formula is C20H29N3O3. The molecule has 0 aromatic carbocycles. The fourth-order valence-electron chi connectivity index (χ4n) is 5.05. The van der Waals surface area contributed by atoms with Gasteiger partial charge in [-0.2, -0.15) is 5.10 Å². The molecule has 2 saturated heterocycles. The van der Waals surface area contributed by atoms with E-state index < -0.39 is 0 Å². The number of aryl methyl sites for hydroxylation is 1. The summed E-state index contributed by atoms with van der Waals surface area (Å²) in [6.45, 7) is 7.77. The van der Waals surface area contributed by atoms with E-state index in [2.05, 4.69) is 28.1 Å². The van der Waals surface area contributed by atoms with Gasteiger partial charge in [-0.3, -0.25) is 9.89 Å². The maximum atomic E-state index is 13.4. The van der Waals surface area contributed by atoms with Crippen LogP contribution in [0.15, 0.2) is 11.6 Å². The van der Waals surface area contributed by atoms with Crippen LogP contribution in [0.5, 0.6) is 0 Å². The normalized spacial score (nSPS) is 29.2. The van der Waals surface area contributed by atoms with Gasteiger partial charge in [0.15, 0.2) is 5.69 Å². The van der Waals surface area contributed by atoms with Gasteiger partial charge in [-0.15, -0.1) is 0 Å². The molecule has 3 aliphatic heterocycles. The second-order valence-corrected chi connectivity index (χ2v) is 7.70. The smallest absolute Gasteiger partial charge is 0.274 e. The number of ether oxygens (including phenoxy) is 2. The van der Waals surface area contributed by atoms with Crippen LogP contribution in [0.2, 0.25) is 0 Å². The minimum Gasteiger partial charge on any atom is -0.380 e. The van der Waals surface area contributed by atoms with Crippen molar-refractivity contribution < 1.29 is 14.3 Å². The minimum absolute atomic E-state index is 0.0479. The zero-order chi connectivity index (χ0) is 18.1. The monoisotopic (exact) mass is 359 g/mol. The molecule has 1 aromatic heterocycles. The third-order valence-electron chi connectivity index (χ3n) is 6.46. The number of nitrogens with zero attached hydrogens (tertiary/aromatic N) is 2. The highest BCUT2D eigenvalue weighted by molar-refractivity contribution is 5.94. The van der Waals surface area contributed by atoms with Gasteiger partial charge in [0.2, 0.25) is 0 Å². The van der Waals surface area contributed by atoms with Crippen molar-refractivity contribution in [1.29, 1.82) is 0 Å². The number of hydrogen-bond acceptors (Lipinski definition) is 4. The highest BCUT2D eigenvalue weighted by Gasteiger charge is 2.50. The first-order valence-electron chi connectivity index (χ1n) is 9.87. The maximum absolute atomic E-state index is 13.4. The number of carbonyl (C=O) groups is 1. The largest absolute Gasteiger partial charge is 0.380 e. The number of amides is 1. The number of nitrogens with one attached hydrogen (secondary N) is 1. The lowest BCUT2D eigenvalue weighted by molar-refractivity contribution is -0.0740. The van der Waals surface area contributed by atoms with Crippen molar-refractivity contribution in [2.45, 2.75) is 52.0 Å². The van der Waals surface area contributed by atoms with Crippen molar-refractivity contribution in [2.24, 2.45) is 5.41 Å². The fourth-order valence-corrected chi connectivity index (χ4v) is 5.05. The summed E-state index contributed by atoms with van der Waals surface area (Å²) in [6.07, 6.45) is 7.03. The molecule has 6 nitrogen and oxygen atoms in total. The second kappa shape index (κ2) is 7.16. The summed E-state index contributed by atoms with van der Waals surface area (Å²) in [5.74, 6) is 0.0714. The van der Waals surface area contributed by atoms with E-state index in [1.54, 1.807) is 0 Å². The van der Waals surface area contributed by atoms with Crippen molar-refractivity contribution in [1.82, 2.24) is 15.1 Å². The molecule has 142 valence electrons. The fraction of sp³-hybridized carbons (Fsp3) is 0.700. The lowest BCUT2D eigenvalue weighted by Gasteiger charge is -2.54. The summed E-state index contributed by atoms with van der Waals surface area (Å²) in [5.41, 5.74) is 4.01. The summed E-state index contributed by atoms with van der Waals surface area (Å²) >= 11 is 0. The molecule has 1 amide bonds. The van der Waals surface area contributed by atoms with Crippen LogP contribution in [0.3, 0.4) is 0 Å². The Balaban J connectivity index is 1.67. The molecule has 6 heteroatoms. The van der Waals surface area contributed by atoms with Crippen LogP contribution in [0.4, 0.5) is 0 Å². The Morgan fingerprint density at radius 3 is 3.04 bits per heavy atom. The van der Waals surface area contributed by atoms with E-state index in [-0.39, 0.29) is 17.4 Å². The Kier molecular flexibility index (Phi) is 4.88. The van der Waals surface area contributed by atoms with E-state index in [0.29, 0.717) is 18.9 Å². The zero-order valence-electron chi connectivity index (χ0n) is 15.8. The number of carbonyl (C=O) groups excluding carboxylic acids is 1. The standard InChI is InChI=1S/C20H29N3O3/c1-3-16-14(2)18(22-21-16)19(24)23-9-4-8-20(13-26-12-7-17(20)23)15-5-10-25-11-6-15/h5,17H,3-4,6-13H2,1-2H3,(H,21,22)/t17-,20-/m0/s1. The minimum atomic E-state index is -0.0479. The number of hydrogen-bond donors (Lipinski definition) is 1. The Hall–Kier alpha value is -1.66. The second-order valence-electron chi connectivity index (χ2n) is 7.70. The summed E-state index contributed by atoms with van der Waals surface area (Å²) < 4.78 is 11.5. The van der Waals surface area contributed by atoms with E-state index in [1.165, 1.54) is 5.57 Å². The predicted molar refractivity (Wildman–Crippen MR) is 98.1 cm³/mol. The zero-order valence-corrected chi connectivity index (χ0v) is 15.8. The number of piperidine rings is 1. The molecule has 0 unspecified atom stereocenters. The van der Waals surface area contributed by atoms with Crippen molar-refractivity contribution in [3.8, 4) is 0 Å². The molecule has 1 N–H and O–H groups in total. The van der Waals surface area contributed by atoms with Crippen molar-refractivity contribution >= 4 is 5.91 Å². The van der Waals surface area contributed by atoms with Crippen LogP contribution in [-0.4, -0.2) is 60.0 Å². The Morgan fingerprint density at radius 2 is 2.31 bits per heavy atom. The maximum Gasteiger partial charge on any atom is 0.274 e. The average Bonchev–Trinajstić information content (AvgIpc) is 3.08. The van der Waals surface area contributed by atoms with E-state index in [9.17, 15) is 4.79 Å². The number of rotatable bonds is 3. The van der Waals surface area contributed by atoms with Crippen molar-refractivity contribution in [3.05, 3.63) is 28.6 Å². The van der Waals surface area contributed by atoms with E-state index >= 15 is 0 Å².